The van der Waals surface area contributed by atoms with Crippen molar-refractivity contribution in [2.45, 2.75) is 33.1 Å². The fraction of sp³-hybridized carbons (Fsp3) is 0.619. The van der Waals surface area contributed by atoms with Crippen LogP contribution in [-0.2, 0) is 22.4 Å². The van der Waals surface area contributed by atoms with Crippen molar-refractivity contribution in [2.24, 2.45) is 5.92 Å². The third-order valence-corrected chi connectivity index (χ3v) is 4.66. The van der Waals surface area contributed by atoms with E-state index in [1.54, 1.807) is 0 Å². The fourth-order valence-corrected chi connectivity index (χ4v) is 3.18. The molecule has 1 fully saturated rings. The van der Waals surface area contributed by atoms with E-state index in [0.717, 1.165) is 44.8 Å². The molecule has 1 aliphatic rings. The maximum atomic E-state index is 12.7. The van der Waals surface area contributed by atoms with Crippen LogP contribution in [0.25, 0.3) is 0 Å². The number of benzene rings is 1. The first-order chi connectivity index (χ1) is 12.6. The highest BCUT2D eigenvalue weighted by molar-refractivity contribution is 5.78. The lowest BCUT2D eigenvalue weighted by Gasteiger charge is -2.30. The topological polar surface area (TPSA) is 56.6 Å². The molecule has 5 heteroatoms. The molecule has 1 saturated heterocycles. The number of ether oxygens (including phenoxy) is 1. The summed E-state index contributed by atoms with van der Waals surface area (Å²) in [4.78, 5) is 16.9. The van der Waals surface area contributed by atoms with Crippen molar-refractivity contribution in [1.82, 2.24) is 9.80 Å². The minimum atomic E-state index is 0.102. The maximum absolute atomic E-state index is 12.7. The Balaban J connectivity index is 1.89. The quantitative estimate of drug-likeness (QED) is 0.681. The average molecular weight is 357 g/mol. The molecule has 0 radical (unpaired) electrons. The lowest BCUT2D eigenvalue weighted by molar-refractivity contribution is -0.130. The van der Waals surface area contributed by atoms with E-state index in [4.69, 9.17) is 10.00 Å². The van der Waals surface area contributed by atoms with Gasteiger partial charge in [-0.25, -0.2) is 0 Å². The van der Waals surface area contributed by atoms with Crippen LogP contribution in [0.15, 0.2) is 24.3 Å². The molecule has 5 nitrogen and oxygen atoms in total. The van der Waals surface area contributed by atoms with E-state index < -0.39 is 0 Å². The zero-order valence-corrected chi connectivity index (χ0v) is 16.1. The molecule has 1 aromatic carbocycles. The largest absolute Gasteiger partial charge is 0.379 e. The summed E-state index contributed by atoms with van der Waals surface area (Å²) in [5.74, 6) is 0.731. The van der Waals surface area contributed by atoms with Crippen LogP contribution in [0.4, 0.5) is 0 Å². The van der Waals surface area contributed by atoms with Crippen molar-refractivity contribution in [3.8, 4) is 6.07 Å². The molecule has 1 heterocycles. The van der Waals surface area contributed by atoms with Crippen LogP contribution < -0.4 is 0 Å². The molecule has 0 bridgehead atoms. The van der Waals surface area contributed by atoms with Gasteiger partial charge in [-0.1, -0.05) is 38.1 Å². The van der Waals surface area contributed by atoms with E-state index in [2.05, 4.69) is 49.1 Å². The van der Waals surface area contributed by atoms with Gasteiger partial charge in [-0.05, 0) is 23.5 Å². The number of hydrogen-bond acceptors (Lipinski definition) is 4. The minimum absolute atomic E-state index is 0.102. The first kappa shape index (κ1) is 20.4. The van der Waals surface area contributed by atoms with Crippen molar-refractivity contribution >= 4 is 5.91 Å². The molecule has 0 N–H and O–H groups in total. The summed E-state index contributed by atoms with van der Waals surface area (Å²) in [5.41, 5.74) is 2.35. The molecule has 0 aliphatic carbocycles. The van der Waals surface area contributed by atoms with Crippen molar-refractivity contribution < 1.29 is 9.53 Å². The van der Waals surface area contributed by atoms with Crippen LogP contribution in [0.1, 0.15) is 31.4 Å². The van der Waals surface area contributed by atoms with Gasteiger partial charge in [0.1, 0.15) is 0 Å². The molecule has 0 atom stereocenters. The summed E-state index contributed by atoms with van der Waals surface area (Å²) in [6, 6.07) is 10.5. The maximum Gasteiger partial charge on any atom is 0.227 e. The van der Waals surface area contributed by atoms with Gasteiger partial charge in [0.25, 0.3) is 0 Å². The van der Waals surface area contributed by atoms with E-state index in [0.29, 0.717) is 31.8 Å². The van der Waals surface area contributed by atoms with E-state index in [1.807, 2.05) is 4.90 Å². The molecule has 0 spiro atoms. The summed E-state index contributed by atoms with van der Waals surface area (Å²) >= 11 is 0. The standard InChI is InChI=1S/C21H31N3O2/c1-18(2)16-19-4-6-20(7-5-19)17-21(25)24(9-3-8-22)11-10-23-12-14-26-15-13-23/h4-7,18H,3,9-17H2,1-2H3. The number of carbonyl (C=O) groups excluding carboxylic acids is 1. The fourth-order valence-electron chi connectivity index (χ4n) is 3.18. The average Bonchev–Trinajstić information content (AvgIpc) is 2.64. The Morgan fingerprint density at radius 1 is 1.19 bits per heavy atom. The normalized spacial score (nSPS) is 15.0. The second kappa shape index (κ2) is 10.9. The van der Waals surface area contributed by atoms with Gasteiger partial charge in [0, 0.05) is 32.7 Å². The number of carbonyl (C=O) groups is 1. The Labute approximate surface area is 157 Å². The predicted molar refractivity (Wildman–Crippen MR) is 103 cm³/mol. The molecule has 0 aromatic heterocycles. The number of rotatable bonds is 9. The third kappa shape index (κ3) is 7.15. The Morgan fingerprint density at radius 2 is 1.85 bits per heavy atom. The van der Waals surface area contributed by atoms with Gasteiger partial charge in [-0.15, -0.1) is 0 Å². The molecular formula is C21H31N3O2. The first-order valence-corrected chi connectivity index (χ1v) is 9.61. The lowest BCUT2D eigenvalue weighted by Crippen LogP contribution is -2.43. The van der Waals surface area contributed by atoms with Gasteiger partial charge in [-0.3, -0.25) is 9.69 Å². The smallest absolute Gasteiger partial charge is 0.227 e. The summed E-state index contributed by atoms with van der Waals surface area (Å²) < 4.78 is 5.37. The summed E-state index contributed by atoms with van der Waals surface area (Å²) in [5, 5.41) is 8.89. The molecule has 1 aromatic rings. The van der Waals surface area contributed by atoms with Gasteiger partial charge in [0.05, 0.1) is 32.1 Å². The van der Waals surface area contributed by atoms with Gasteiger partial charge in [0.15, 0.2) is 0 Å². The van der Waals surface area contributed by atoms with E-state index in [1.165, 1.54) is 5.56 Å². The number of nitrogens with zero attached hydrogens (tertiary/aromatic N) is 3. The zero-order valence-electron chi connectivity index (χ0n) is 16.1. The third-order valence-electron chi connectivity index (χ3n) is 4.66. The molecule has 0 unspecified atom stereocenters. The lowest BCUT2D eigenvalue weighted by atomic mass is 10.0. The molecule has 142 valence electrons. The Kier molecular flexibility index (Phi) is 8.60. The highest BCUT2D eigenvalue weighted by atomic mass is 16.5. The highest BCUT2D eigenvalue weighted by Gasteiger charge is 2.17. The number of nitriles is 1. The van der Waals surface area contributed by atoms with Crippen LogP contribution in [0, 0.1) is 17.2 Å². The Morgan fingerprint density at radius 3 is 2.46 bits per heavy atom. The highest BCUT2D eigenvalue weighted by Crippen LogP contribution is 2.11. The molecule has 0 saturated carbocycles. The number of morpholine rings is 1. The van der Waals surface area contributed by atoms with Crippen LogP contribution in [0.3, 0.4) is 0 Å². The number of hydrogen-bond donors (Lipinski definition) is 0. The molecule has 1 aliphatic heterocycles. The molecule has 26 heavy (non-hydrogen) atoms. The van der Waals surface area contributed by atoms with Crippen LogP contribution in [-0.4, -0.2) is 61.6 Å². The Bertz CT molecular complexity index is 586. The zero-order chi connectivity index (χ0) is 18.8. The van der Waals surface area contributed by atoms with Crippen molar-refractivity contribution in [3.63, 3.8) is 0 Å². The van der Waals surface area contributed by atoms with Gasteiger partial charge >= 0.3 is 0 Å². The first-order valence-electron chi connectivity index (χ1n) is 9.61. The van der Waals surface area contributed by atoms with E-state index in [-0.39, 0.29) is 5.91 Å². The molecular weight excluding hydrogens is 326 g/mol. The second-order valence-corrected chi connectivity index (χ2v) is 7.33. The van der Waals surface area contributed by atoms with Crippen LogP contribution in [0.5, 0.6) is 0 Å². The molecule has 1 amide bonds. The SMILES string of the molecule is CC(C)Cc1ccc(CC(=O)N(CCC#N)CCN2CCOCC2)cc1. The summed E-state index contributed by atoms with van der Waals surface area (Å²) in [7, 11) is 0. The van der Waals surface area contributed by atoms with Crippen LogP contribution in [0.2, 0.25) is 0 Å². The summed E-state index contributed by atoms with van der Waals surface area (Å²) in [6.45, 7) is 9.78. The number of amides is 1. The predicted octanol–water partition coefficient (Wildman–Crippen LogP) is 2.50. The monoisotopic (exact) mass is 357 g/mol. The minimum Gasteiger partial charge on any atom is -0.379 e. The van der Waals surface area contributed by atoms with Gasteiger partial charge < -0.3 is 9.64 Å². The van der Waals surface area contributed by atoms with E-state index in [9.17, 15) is 4.79 Å². The molecule has 2 rings (SSSR count). The van der Waals surface area contributed by atoms with Gasteiger partial charge in [-0.2, -0.15) is 5.26 Å². The van der Waals surface area contributed by atoms with E-state index >= 15 is 0 Å². The van der Waals surface area contributed by atoms with Crippen molar-refractivity contribution in [3.05, 3.63) is 35.4 Å². The van der Waals surface area contributed by atoms with Gasteiger partial charge in [0.2, 0.25) is 5.91 Å². The summed E-state index contributed by atoms with van der Waals surface area (Å²) in [6.07, 6.45) is 1.83. The van der Waals surface area contributed by atoms with Crippen molar-refractivity contribution in [2.75, 3.05) is 45.9 Å². The van der Waals surface area contributed by atoms with Crippen LogP contribution >= 0.6 is 0 Å². The van der Waals surface area contributed by atoms with Crippen molar-refractivity contribution in [1.29, 1.82) is 5.26 Å². The second-order valence-electron chi connectivity index (χ2n) is 7.33. The Hall–Kier alpha value is -1.90.